The minimum absolute atomic E-state index is 0.0524. The van der Waals surface area contributed by atoms with Crippen molar-refractivity contribution in [1.82, 2.24) is 10.2 Å². The van der Waals surface area contributed by atoms with Crippen molar-refractivity contribution < 1.29 is 14.7 Å². The summed E-state index contributed by atoms with van der Waals surface area (Å²) < 4.78 is 0. The number of hydrogen-bond donors (Lipinski definition) is 2. The molecule has 1 rings (SSSR count). The zero-order valence-corrected chi connectivity index (χ0v) is 12.5. The number of carbonyl (C=O) groups is 2. The van der Waals surface area contributed by atoms with Crippen LogP contribution >= 0.6 is 11.8 Å². The van der Waals surface area contributed by atoms with Gasteiger partial charge in [-0.1, -0.05) is 30.3 Å². The van der Waals surface area contributed by atoms with Gasteiger partial charge < -0.3 is 15.3 Å². The number of nitrogens with one attached hydrogen (secondary N) is 1. The number of likely N-dealkylation sites (N-methyl/N-ethyl adjacent to an activating group) is 1. The minimum Gasteiger partial charge on any atom is -0.481 e. The van der Waals surface area contributed by atoms with Crippen LogP contribution in [0, 0.1) is 0 Å². The summed E-state index contributed by atoms with van der Waals surface area (Å²) in [6.45, 7) is 0.503. The number of carboxylic acids is 1. The molecule has 0 fully saturated rings. The van der Waals surface area contributed by atoms with Crippen LogP contribution in [0.2, 0.25) is 0 Å². The number of carboxylic acid groups (broad SMARTS) is 1. The van der Waals surface area contributed by atoms with Gasteiger partial charge in [0.25, 0.3) is 0 Å². The Bertz CT molecular complexity index is 437. The van der Waals surface area contributed by atoms with Crippen LogP contribution in [-0.4, -0.2) is 54.0 Å². The molecule has 110 valence electrons. The molecule has 0 aliphatic rings. The van der Waals surface area contributed by atoms with E-state index in [-0.39, 0.29) is 23.5 Å². The highest BCUT2D eigenvalue weighted by Crippen LogP contribution is 2.16. The maximum atomic E-state index is 11.6. The van der Waals surface area contributed by atoms with E-state index in [9.17, 15) is 9.59 Å². The first-order valence-electron chi connectivity index (χ1n) is 6.28. The largest absolute Gasteiger partial charge is 0.481 e. The number of thioether (sulfide) groups is 1. The quantitative estimate of drug-likeness (QED) is 0.755. The summed E-state index contributed by atoms with van der Waals surface area (Å²) in [5.41, 5.74) is 1.14. The van der Waals surface area contributed by atoms with Crippen molar-refractivity contribution in [2.24, 2.45) is 0 Å². The number of aliphatic carboxylic acids is 1. The molecule has 1 aromatic rings. The first kappa shape index (κ1) is 16.5. The van der Waals surface area contributed by atoms with E-state index in [0.717, 1.165) is 17.3 Å². The number of benzene rings is 1. The van der Waals surface area contributed by atoms with Gasteiger partial charge in [-0.05, 0) is 19.7 Å². The van der Waals surface area contributed by atoms with E-state index >= 15 is 0 Å². The molecule has 0 bridgehead atoms. The summed E-state index contributed by atoms with van der Waals surface area (Å²) in [6.07, 6.45) is 0. The molecule has 0 heterocycles. The van der Waals surface area contributed by atoms with Gasteiger partial charge in [-0.15, -0.1) is 11.8 Å². The summed E-state index contributed by atoms with van der Waals surface area (Å²) in [7, 11) is 3.92. The second kappa shape index (κ2) is 8.60. The third kappa shape index (κ3) is 6.08. The van der Waals surface area contributed by atoms with Crippen LogP contribution in [0.3, 0.4) is 0 Å². The highest BCUT2D eigenvalue weighted by atomic mass is 32.2. The molecule has 1 aromatic carbocycles. The molecule has 0 spiro atoms. The molecule has 0 radical (unpaired) electrons. The number of hydrogen-bond acceptors (Lipinski definition) is 4. The third-order valence-electron chi connectivity index (χ3n) is 2.76. The molecule has 5 nitrogen and oxygen atoms in total. The normalized spacial score (nSPS) is 12.2. The van der Waals surface area contributed by atoms with E-state index in [1.165, 1.54) is 0 Å². The number of amides is 1. The predicted octanol–water partition coefficient (Wildman–Crippen LogP) is 1.22. The van der Waals surface area contributed by atoms with Crippen molar-refractivity contribution in [3.63, 3.8) is 0 Å². The first-order chi connectivity index (χ1) is 9.50. The molecule has 2 N–H and O–H groups in total. The van der Waals surface area contributed by atoms with Gasteiger partial charge in [-0.25, -0.2) is 0 Å². The lowest BCUT2D eigenvalue weighted by Crippen LogP contribution is -2.35. The summed E-state index contributed by atoms with van der Waals surface area (Å²) in [4.78, 5) is 24.0. The van der Waals surface area contributed by atoms with Gasteiger partial charge >= 0.3 is 5.97 Å². The standard InChI is InChI=1S/C14H20N2O3S/c1-16(2)12(11-6-4-3-5-7-11)8-15-13(17)9-20-10-14(18)19/h3-7,12H,8-10H2,1-2H3,(H,15,17)(H,18,19). The van der Waals surface area contributed by atoms with Gasteiger partial charge in [0.05, 0.1) is 17.5 Å². The zero-order valence-electron chi connectivity index (χ0n) is 11.7. The van der Waals surface area contributed by atoms with Gasteiger partial charge in [0.1, 0.15) is 0 Å². The van der Waals surface area contributed by atoms with Gasteiger partial charge in [-0.3, -0.25) is 9.59 Å². The summed E-state index contributed by atoms with van der Waals surface area (Å²) in [6, 6.07) is 10.0. The molecular weight excluding hydrogens is 276 g/mol. The van der Waals surface area contributed by atoms with Crippen LogP contribution in [0.25, 0.3) is 0 Å². The maximum absolute atomic E-state index is 11.6. The zero-order chi connectivity index (χ0) is 15.0. The average Bonchev–Trinajstić information content (AvgIpc) is 2.39. The first-order valence-corrected chi connectivity index (χ1v) is 7.43. The van der Waals surface area contributed by atoms with Crippen molar-refractivity contribution in [2.45, 2.75) is 6.04 Å². The minimum atomic E-state index is -0.904. The van der Waals surface area contributed by atoms with Gasteiger partial charge in [-0.2, -0.15) is 0 Å². The van der Waals surface area contributed by atoms with Gasteiger partial charge in [0.15, 0.2) is 0 Å². The lowest BCUT2D eigenvalue weighted by molar-refractivity contribution is -0.133. The highest BCUT2D eigenvalue weighted by molar-refractivity contribution is 8.00. The predicted molar refractivity (Wildman–Crippen MR) is 80.8 cm³/mol. The Labute approximate surface area is 123 Å². The summed E-state index contributed by atoms with van der Waals surface area (Å²) in [5.74, 6) is -0.929. The fourth-order valence-electron chi connectivity index (χ4n) is 1.77. The SMILES string of the molecule is CN(C)C(CNC(=O)CSCC(=O)O)c1ccccc1. The van der Waals surface area contributed by atoms with Crippen LogP contribution in [0.1, 0.15) is 11.6 Å². The number of carbonyl (C=O) groups excluding carboxylic acids is 1. The Hall–Kier alpha value is -1.53. The summed E-state index contributed by atoms with van der Waals surface area (Å²) >= 11 is 1.10. The molecule has 6 heteroatoms. The van der Waals surface area contributed by atoms with Crippen molar-refractivity contribution >= 4 is 23.6 Å². The topological polar surface area (TPSA) is 69.6 Å². The van der Waals surface area contributed by atoms with E-state index < -0.39 is 5.97 Å². The Morgan fingerprint density at radius 1 is 1.25 bits per heavy atom. The van der Waals surface area contributed by atoms with Crippen molar-refractivity contribution in [3.05, 3.63) is 35.9 Å². The lowest BCUT2D eigenvalue weighted by atomic mass is 10.1. The molecule has 0 aliphatic heterocycles. The monoisotopic (exact) mass is 296 g/mol. The number of nitrogens with zero attached hydrogens (tertiary/aromatic N) is 1. The fourth-order valence-corrected chi connectivity index (χ4v) is 2.33. The van der Waals surface area contributed by atoms with Crippen LogP contribution in [-0.2, 0) is 9.59 Å². The second-order valence-corrected chi connectivity index (χ2v) is 5.57. The molecule has 20 heavy (non-hydrogen) atoms. The molecule has 0 aliphatic carbocycles. The van der Waals surface area contributed by atoms with E-state index in [1.54, 1.807) is 0 Å². The molecule has 1 amide bonds. The average molecular weight is 296 g/mol. The molecule has 1 unspecified atom stereocenters. The van der Waals surface area contributed by atoms with Crippen LogP contribution in [0.5, 0.6) is 0 Å². The van der Waals surface area contributed by atoms with Crippen molar-refractivity contribution in [1.29, 1.82) is 0 Å². The molecule has 0 saturated heterocycles. The summed E-state index contributed by atoms with van der Waals surface area (Å²) in [5, 5.41) is 11.3. The smallest absolute Gasteiger partial charge is 0.313 e. The molecule has 0 saturated carbocycles. The maximum Gasteiger partial charge on any atom is 0.313 e. The molecule has 1 atom stereocenters. The Morgan fingerprint density at radius 3 is 2.45 bits per heavy atom. The second-order valence-electron chi connectivity index (χ2n) is 4.58. The molecule has 0 aromatic heterocycles. The van der Waals surface area contributed by atoms with Crippen LogP contribution < -0.4 is 5.32 Å². The van der Waals surface area contributed by atoms with E-state index in [4.69, 9.17) is 5.11 Å². The van der Waals surface area contributed by atoms with E-state index in [0.29, 0.717) is 6.54 Å². The van der Waals surface area contributed by atoms with Crippen molar-refractivity contribution in [2.75, 3.05) is 32.1 Å². The Balaban J connectivity index is 2.44. The van der Waals surface area contributed by atoms with E-state index in [1.807, 2.05) is 49.3 Å². The third-order valence-corrected chi connectivity index (χ3v) is 3.68. The van der Waals surface area contributed by atoms with Crippen LogP contribution in [0.4, 0.5) is 0 Å². The fraction of sp³-hybridized carbons (Fsp3) is 0.429. The van der Waals surface area contributed by atoms with Crippen molar-refractivity contribution in [3.8, 4) is 0 Å². The highest BCUT2D eigenvalue weighted by Gasteiger charge is 2.14. The molecular formula is C14H20N2O3S. The van der Waals surface area contributed by atoms with Gasteiger partial charge in [0, 0.05) is 6.54 Å². The van der Waals surface area contributed by atoms with Crippen LogP contribution in [0.15, 0.2) is 30.3 Å². The van der Waals surface area contributed by atoms with Gasteiger partial charge in [0.2, 0.25) is 5.91 Å². The van der Waals surface area contributed by atoms with E-state index in [2.05, 4.69) is 5.32 Å². The Kier molecular flexibility index (Phi) is 7.11. The number of rotatable bonds is 8. The lowest BCUT2D eigenvalue weighted by Gasteiger charge is -2.25. The Morgan fingerprint density at radius 2 is 1.90 bits per heavy atom.